The third-order valence-corrected chi connectivity index (χ3v) is 5.16. The van der Waals surface area contributed by atoms with Gasteiger partial charge in [0, 0.05) is 12.4 Å². The van der Waals surface area contributed by atoms with Gasteiger partial charge >= 0.3 is 0 Å². The molecule has 0 atom stereocenters. The van der Waals surface area contributed by atoms with Crippen molar-refractivity contribution in [3.05, 3.63) is 132 Å². The number of hydrogen-bond donors (Lipinski definition) is 0. The molecule has 160 valence electrons. The second-order valence-corrected chi connectivity index (χ2v) is 7.41. The Labute approximate surface area is 199 Å². The van der Waals surface area contributed by atoms with Gasteiger partial charge in [-0.15, -0.1) is 0 Å². The summed E-state index contributed by atoms with van der Waals surface area (Å²) < 4.78 is 0. The number of rotatable bonds is 6. The summed E-state index contributed by atoms with van der Waals surface area (Å²) in [6.07, 6.45) is 3.13. The SMILES string of the molecule is N#C/C(N=Cc1ccc(-c2ccccc2)cc1)=C(/C#N)N=Cc1ccc(-c2ccccc2)cc1. The Morgan fingerprint density at radius 1 is 0.471 bits per heavy atom. The molecule has 0 aliphatic carbocycles. The van der Waals surface area contributed by atoms with Gasteiger partial charge in [0.15, 0.2) is 11.4 Å². The van der Waals surface area contributed by atoms with Crippen molar-refractivity contribution < 1.29 is 0 Å². The zero-order valence-electron chi connectivity index (χ0n) is 18.3. The highest BCUT2D eigenvalue weighted by Gasteiger charge is 2.04. The molecule has 4 heteroatoms. The zero-order valence-corrected chi connectivity index (χ0v) is 18.3. The van der Waals surface area contributed by atoms with Crippen LogP contribution in [0.3, 0.4) is 0 Å². The second-order valence-electron chi connectivity index (χ2n) is 7.41. The highest BCUT2D eigenvalue weighted by atomic mass is 14.8. The number of nitrogens with zero attached hydrogens (tertiary/aromatic N) is 4. The van der Waals surface area contributed by atoms with E-state index in [-0.39, 0.29) is 11.4 Å². The Morgan fingerprint density at radius 3 is 1.12 bits per heavy atom. The van der Waals surface area contributed by atoms with E-state index in [1.165, 1.54) is 0 Å². The first-order valence-corrected chi connectivity index (χ1v) is 10.7. The molecule has 0 radical (unpaired) electrons. The molecule has 0 bridgehead atoms. The second kappa shape index (κ2) is 11.0. The van der Waals surface area contributed by atoms with Crippen molar-refractivity contribution in [1.82, 2.24) is 0 Å². The Hall–Kier alpha value is -5.06. The van der Waals surface area contributed by atoms with E-state index < -0.39 is 0 Å². The molecular weight excluding hydrogens is 416 g/mol. The number of nitriles is 2. The van der Waals surface area contributed by atoms with Gasteiger partial charge in [0.2, 0.25) is 0 Å². The van der Waals surface area contributed by atoms with Gasteiger partial charge in [0.25, 0.3) is 0 Å². The Kier molecular flexibility index (Phi) is 7.16. The standard InChI is InChI=1S/C30H20N4/c31-19-29(33-21-23-11-15-27(16-12-23)25-7-3-1-4-8-25)30(20-32)34-22-24-13-17-28(18-14-24)26-9-5-2-6-10-26/h1-18,21-22H/b30-29+,33-21?,34-22?. The fourth-order valence-corrected chi connectivity index (χ4v) is 3.35. The van der Waals surface area contributed by atoms with E-state index in [4.69, 9.17) is 0 Å². The van der Waals surface area contributed by atoms with Crippen LogP contribution in [0, 0.1) is 22.7 Å². The highest BCUT2D eigenvalue weighted by Crippen LogP contribution is 2.20. The van der Waals surface area contributed by atoms with E-state index in [1.807, 2.05) is 121 Å². The maximum absolute atomic E-state index is 9.51. The first-order chi connectivity index (χ1) is 16.8. The van der Waals surface area contributed by atoms with Gasteiger partial charge in [-0.3, -0.25) is 0 Å². The van der Waals surface area contributed by atoms with Crippen LogP contribution in [0.1, 0.15) is 11.1 Å². The average molecular weight is 437 g/mol. The van der Waals surface area contributed by atoms with E-state index in [2.05, 4.69) is 9.98 Å². The van der Waals surface area contributed by atoms with Crippen molar-refractivity contribution in [3.63, 3.8) is 0 Å². The molecule has 0 fully saturated rings. The molecule has 4 rings (SSSR count). The quantitative estimate of drug-likeness (QED) is 0.246. The first kappa shape index (κ1) is 22.1. The van der Waals surface area contributed by atoms with Crippen molar-refractivity contribution in [1.29, 1.82) is 10.5 Å². The predicted octanol–water partition coefficient (Wildman–Crippen LogP) is 6.82. The van der Waals surface area contributed by atoms with Crippen LogP contribution in [0.2, 0.25) is 0 Å². The molecule has 0 spiro atoms. The van der Waals surface area contributed by atoms with Gasteiger partial charge in [0.05, 0.1) is 0 Å². The van der Waals surface area contributed by atoms with Crippen LogP contribution in [0.15, 0.2) is 131 Å². The number of hydrogen-bond acceptors (Lipinski definition) is 4. The summed E-state index contributed by atoms with van der Waals surface area (Å²) in [5, 5.41) is 19.0. The lowest BCUT2D eigenvalue weighted by atomic mass is 10.0. The minimum Gasteiger partial charge on any atom is -0.242 e. The third kappa shape index (κ3) is 5.59. The molecule has 4 aromatic carbocycles. The maximum Gasteiger partial charge on any atom is 0.176 e. The van der Waals surface area contributed by atoms with Gasteiger partial charge in [0.1, 0.15) is 12.1 Å². The summed E-state index contributed by atoms with van der Waals surface area (Å²) >= 11 is 0. The number of allylic oxidation sites excluding steroid dienone is 2. The van der Waals surface area contributed by atoms with Crippen molar-refractivity contribution in [3.8, 4) is 34.4 Å². The average Bonchev–Trinajstić information content (AvgIpc) is 2.92. The van der Waals surface area contributed by atoms with Gasteiger partial charge < -0.3 is 0 Å². The fourth-order valence-electron chi connectivity index (χ4n) is 3.35. The van der Waals surface area contributed by atoms with E-state index in [1.54, 1.807) is 12.4 Å². The maximum atomic E-state index is 9.51. The van der Waals surface area contributed by atoms with Gasteiger partial charge in [-0.05, 0) is 33.4 Å². The van der Waals surface area contributed by atoms with Crippen LogP contribution in [0.4, 0.5) is 0 Å². The molecule has 0 aromatic heterocycles. The molecule has 0 amide bonds. The molecule has 0 aliphatic heterocycles. The summed E-state index contributed by atoms with van der Waals surface area (Å²) in [7, 11) is 0. The lowest BCUT2D eigenvalue weighted by Gasteiger charge is -2.02. The summed E-state index contributed by atoms with van der Waals surface area (Å²) in [4.78, 5) is 8.42. The van der Waals surface area contributed by atoms with Crippen molar-refractivity contribution in [2.75, 3.05) is 0 Å². The normalized spacial score (nSPS) is 11.7. The lowest BCUT2D eigenvalue weighted by molar-refractivity contribution is 1.27. The topological polar surface area (TPSA) is 72.3 Å². The summed E-state index contributed by atoms with van der Waals surface area (Å²) in [6.45, 7) is 0. The van der Waals surface area contributed by atoms with Crippen LogP contribution in [-0.4, -0.2) is 12.4 Å². The molecule has 0 unspecified atom stereocenters. The van der Waals surface area contributed by atoms with Gasteiger partial charge in [-0.1, -0.05) is 109 Å². The summed E-state index contributed by atoms with van der Waals surface area (Å²) in [5.41, 5.74) is 6.01. The fraction of sp³-hybridized carbons (Fsp3) is 0. The molecule has 0 saturated heterocycles. The number of benzene rings is 4. The van der Waals surface area contributed by atoms with Crippen LogP contribution < -0.4 is 0 Å². The Balaban J connectivity index is 1.50. The summed E-state index contributed by atoms with van der Waals surface area (Å²) in [5.74, 6) is 0. The largest absolute Gasteiger partial charge is 0.242 e. The zero-order chi connectivity index (χ0) is 23.6. The van der Waals surface area contributed by atoms with Crippen LogP contribution in [-0.2, 0) is 0 Å². The molecule has 4 aromatic rings. The lowest BCUT2D eigenvalue weighted by Crippen LogP contribution is -1.88. The van der Waals surface area contributed by atoms with Crippen LogP contribution in [0.25, 0.3) is 22.3 Å². The molecule has 0 heterocycles. The minimum absolute atomic E-state index is 0.0354. The van der Waals surface area contributed by atoms with E-state index >= 15 is 0 Å². The monoisotopic (exact) mass is 436 g/mol. The van der Waals surface area contributed by atoms with Gasteiger partial charge in [-0.25, -0.2) is 9.98 Å². The van der Waals surface area contributed by atoms with Crippen molar-refractivity contribution in [2.45, 2.75) is 0 Å². The van der Waals surface area contributed by atoms with Crippen LogP contribution in [0.5, 0.6) is 0 Å². The predicted molar refractivity (Wildman–Crippen MR) is 137 cm³/mol. The molecule has 4 nitrogen and oxygen atoms in total. The van der Waals surface area contributed by atoms with E-state index in [0.29, 0.717) is 0 Å². The third-order valence-electron chi connectivity index (χ3n) is 5.16. The first-order valence-electron chi connectivity index (χ1n) is 10.7. The number of aliphatic imine (C=N–C) groups is 2. The molecular formula is C30H20N4. The Bertz CT molecular complexity index is 1300. The Morgan fingerprint density at radius 2 is 0.794 bits per heavy atom. The molecule has 0 N–H and O–H groups in total. The van der Waals surface area contributed by atoms with Crippen LogP contribution >= 0.6 is 0 Å². The molecule has 0 saturated carbocycles. The smallest absolute Gasteiger partial charge is 0.176 e. The van der Waals surface area contributed by atoms with E-state index in [9.17, 15) is 10.5 Å². The molecule has 34 heavy (non-hydrogen) atoms. The van der Waals surface area contributed by atoms with Gasteiger partial charge in [-0.2, -0.15) is 10.5 Å². The van der Waals surface area contributed by atoms with Crippen molar-refractivity contribution in [2.24, 2.45) is 9.98 Å². The highest BCUT2D eigenvalue weighted by molar-refractivity contribution is 5.84. The minimum atomic E-state index is -0.0354. The van der Waals surface area contributed by atoms with E-state index in [0.717, 1.165) is 33.4 Å². The molecule has 0 aliphatic rings. The summed E-state index contributed by atoms with van der Waals surface area (Å²) in [6, 6.07) is 39.7. The van der Waals surface area contributed by atoms with Crippen molar-refractivity contribution >= 4 is 12.4 Å².